The second kappa shape index (κ2) is 9.73. The minimum Gasteiger partial charge on any atom is -0.871 e. The first-order chi connectivity index (χ1) is 11.1. The summed E-state index contributed by atoms with van der Waals surface area (Å²) in [6.45, 7) is 1.66. The zero-order valence-corrected chi connectivity index (χ0v) is 18.9. The molecular formula is C16H11ClN4Na2O2. The molecule has 0 aliphatic rings. The van der Waals surface area contributed by atoms with Crippen molar-refractivity contribution in [3.05, 3.63) is 59.2 Å². The molecule has 0 spiro atoms. The van der Waals surface area contributed by atoms with Crippen LogP contribution in [0.25, 0.3) is 5.69 Å². The van der Waals surface area contributed by atoms with Gasteiger partial charge in [-0.3, -0.25) is 0 Å². The Morgan fingerprint density at radius 2 is 1.68 bits per heavy atom. The van der Waals surface area contributed by atoms with Crippen LogP contribution in [0.2, 0.25) is 5.02 Å². The molecule has 1 aromatic heterocycles. The Kier molecular flexibility index (Phi) is 8.63. The first-order valence-corrected chi connectivity index (χ1v) is 7.14. The minimum absolute atomic E-state index is 0. The van der Waals surface area contributed by atoms with E-state index in [2.05, 4.69) is 15.3 Å². The smallest absolute Gasteiger partial charge is 0.871 e. The molecule has 0 saturated carbocycles. The van der Waals surface area contributed by atoms with Gasteiger partial charge in [0.2, 0.25) is 0 Å². The maximum atomic E-state index is 12.4. The van der Waals surface area contributed by atoms with Crippen molar-refractivity contribution in [2.45, 2.75) is 6.92 Å². The van der Waals surface area contributed by atoms with Gasteiger partial charge >= 0.3 is 59.1 Å². The van der Waals surface area contributed by atoms with Gasteiger partial charge < -0.3 is 10.2 Å². The van der Waals surface area contributed by atoms with Crippen LogP contribution in [0.5, 0.6) is 11.6 Å². The van der Waals surface area contributed by atoms with Crippen molar-refractivity contribution in [1.29, 1.82) is 0 Å². The van der Waals surface area contributed by atoms with Crippen molar-refractivity contribution in [2.24, 2.45) is 10.2 Å². The van der Waals surface area contributed by atoms with Gasteiger partial charge in [-0.05, 0) is 37.3 Å². The van der Waals surface area contributed by atoms with E-state index in [0.29, 0.717) is 16.4 Å². The maximum absolute atomic E-state index is 12.4. The number of halogens is 1. The average Bonchev–Trinajstić information content (AvgIpc) is 2.82. The van der Waals surface area contributed by atoms with Gasteiger partial charge in [0, 0.05) is 10.9 Å². The van der Waals surface area contributed by atoms with Crippen LogP contribution in [0, 0.1) is 6.92 Å². The van der Waals surface area contributed by atoms with Crippen LogP contribution in [0.15, 0.2) is 58.8 Å². The molecule has 0 aliphatic carbocycles. The number of benzene rings is 2. The van der Waals surface area contributed by atoms with Gasteiger partial charge in [0.25, 0.3) is 0 Å². The van der Waals surface area contributed by atoms with E-state index in [1.54, 1.807) is 19.1 Å². The van der Waals surface area contributed by atoms with Crippen molar-refractivity contribution >= 4 is 23.0 Å². The monoisotopic (exact) mass is 372 g/mol. The Balaban J connectivity index is 0.00000156. The average molecular weight is 373 g/mol. The molecular weight excluding hydrogens is 362 g/mol. The van der Waals surface area contributed by atoms with Crippen LogP contribution in [-0.4, -0.2) is 9.78 Å². The van der Waals surface area contributed by atoms with Crippen LogP contribution < -0.4 is 69.3 Å². The third-order valence-electron chi connectivity index (χ3n) is 3.17. The number of aryl methyl sites for hydroxylation is 1. The van der Waals surface area contributed by atoms with Crippen LogP contribution in [-0.2, 0) is 0 Å². The van der Waals surface area contributed by atoms with Crippen molar-refractivity contribution < 1.29 is 69.3 Å². The zero-order valence-electron chi connectivity index (χ0n) is 14.1. The van der Waals surface area contributed by atoms with Crippen LogP contribution >= 0.6 is 11.6 Å². The standard InChI is InChI=1S/C16H13ClN4O2.2Na/c1-10-15(19-18-13-8-7-11(17)9-14(13)22)16(23)21(20-10)12-5-3-2-4-6-12;;/h2-9,22-23H,1H3;;/q;2*+1/p-2. The fourth-order valence-electron chi connectivity index (χ4n) is 2.03. The Morgan fingerprint density at radius 1 is 1.00 bits per heavy atom. The number of rotatable bonds is 3. The van der Waals surface area contributed by atoms with E-state index in [1.807, 2.05) is 18.2 Å². The van der Waals surface area contributed by atoms with E-state index < -0.39 is 0 Å². The molecule has 0 saturated heterocycles. The normalized spacial score (nSPS) is 10.3. The van der Waals surface area contributed by atoms with Crippen molar-refractivity contribution in [3.63, 3.8) is 0 Å². The summed E-state index contributed by atoms with van der Waals surface area (Å²) in [4.78, 5) is 0. The number of hydrogen-bond acceptors (Lipinski definition) is 5. The van der Waals surface area contributed by atoms with E-state index in [9.17, 15) is 10.2 Å². The molecule has 25 heavy (non-hydrogen) atoms. The third-order valence-corrected chi connectivity index (χ3v) is 3.40. The first-order valence-electron chi connectivity index (χ1n) is 6.76. The summed E-state index contributed by atoms with van der Waals surface area (Å²) in [5.74, 6) is -0.749. The number of azo groups is 1. The molecule has 0 fully saturated rings. The summed E-state index contributed by atoms with van der Waals surface area (Å²) in [5.41, 5.74) is 1.28. The van der Waals surface area contributed by atoms with Gasteiger partial charge in [-0.25, -0.2) is 4.68 Å². The van der Waals surface area contributed by atoms with E-state index >= 15 is 0 Å². The van der Waals surface area contributed by atoms with E-state index in [1.165, 1.54) is 22.9 Å². The Morgan fingerprint density at radius 3 is 2.32 bits per heavy atom. The molecule has 2 aromatic carbocycles. The van der Waals surface area contributed by atoms with Gasteiger partial charge in [-0.15, -0.1) is 5.11 Å². The van der Waals surface area contributed by atoms with Crippen molar-refractivity contribution in [1.82, 2.24) is 9.78 Å². The molecule has 0 aliphatic heterocycles. The molecule has 9 heteroatoms. The molecule has 6 nitrogen and oxygen atoms in total. The molecule has 0 amide bonds. The quantitative estimate of drug-likeness (QED) is 0.373. The molecule has 0 radical (unpaired) electrons. The molecule has 0 N–H and O–H groups in total. The second-order valence-electron chi connectivity index (χ2n) is 4.80. The zero-order chi connectivity index (χ0) is 16.4. The largest absolute Gasteiger partial charge is 1.00 e. The minimum atomic E-state index is -0.390. The SMILES string of the molecule is Cc1nn(-c2ccccc2)c([O-])c1N=Nc1ccc(Cl)cc1[O-].[Na+].[Na+]. The van der Waals surface area contributed by atoms with Crippen LogP contribution in [0.4, 0.5) is 11.4 Å². The molecule has 3 rings (SSSR count). The Labute approximate surface area is 194 Å². The fraction of sp³-hybridized carbons (Fsp3) is 0.0625. The summed E-state index contributed by atoms with van der Waals surface area (Å²) in [6.07, 6.45) is 0. The maximum Gasteiger partial charge on any atom is 1.00 e. The summed E-state index contributed by atoms with van der Waals surface area (Å²) < 4.78 is 1.25. The number of para-hydroxylation sites is 1. The van der Waals surface area contributed by atoms with Gasteiger partial charge in [0.05, 0.1) is 17.1 Å². The van der Waals surface area contributed by atoms with Crippen LogP contribution in [0.1, 0.15) is 5.69 Å². The predicted molar refractivity (Wildman–Crippen MR) is 82.8 cm³/mol. The summed E-state index contributed by atoms with van der Waals surface area (Å²) in [7, 11) is 0. The Hall–Kier alpha value is -0.860. The molecule has 0 atom stereocenters. The summed E-state index contributed by atoms with van der Waals surface area (Å²) in [5, 5.41) is 36.4. The third kappa shape index (κ3) is 5.08. The fourth-order valence-corrected chi connectivity index (χ4v) is 2.19. The van der Waals surface area contributed by atoms with Crippen molar-refractivity contribution in [3.8, 4) is 17.3 Å². The van der Waals surface area contributed by atoms with E-state index in [4.69, 9.17) is 11.6 Å². The summed E-state index contributed by atoms with van der Waals surface area (Å²) >= 11 is 5.72. The van der Waals surface area contributed by atoms with Gasteiger partial charge in [0.15, 0.2) is 0 Å². The number of aromatic nitrogens is 2. The molecule has 0 bridgehead atoms. The van der Waals surface area contributed by atoms with Gasteiger partial charge in [-0.1, -0.05) is 35.5 Å². The molecule has 1 heterocycles. The van der Waals surface area contributed by atoms with Crippen LogP contribution in [0.3, 0.4) is 0 Å². The van der Waals surface area contributed by atoms with Crippen molar-refractivity contribution in [2.75, 3.05) is 0 Å². The van der Waals surface area contributed by atoms with Gasteiger partial charge in [-0.2, -0.15) is 10.2 Å². The number of hydrogen-bond donors (Lipinski definition) is 0. The first kappa shape index (κ1) is 22.2. The number of nitrogens with zero attached hydrogens (tertiary/aromatic N) is 4. The second-order valence-corrected chi connectivity index (χ2v) is 5.24. The molecule has 116 valence electrons. The van der Waals surface area contributed by atoms with E-state index in [0.717, 1.165) is 0 Å². The molecule has 0 unspecified atom stereocenters. The Bertz CT molecular complexity index is 885. The topological polar surface area (TPSA) is 88.7 Å². The van der Waals surface area contributed by atoms with Gasteiger partial charge in [0.1, 0.15) is 5.69 Å². The molecule has 3 aromatic rings. The van der Waals surface area contributed by atoms with E-state index in [-0.39, 0.29) is 82.1 Å². The summed E-state index contributed by atoms with van der Waals surface area (Å²) in [6, 6.07) is 13.2. The predicted octanol–water partition coefficient (Wildman–Crippen LogP) is -2.60.